The van der Waals surface area contributed by atoms with Crippen LogP contribution in [0.2, 0.25) is 0 Å². The Morgan fingerprint density at radius 2 is 2.19 bits per heavy atom. The van der Waals surface area contributed by atoms with Gasteiger partial charge < -0.3 is 15.3 Å². The average Bonchev–Trinajstić information content (AvgIpc) is 2.84. The van der Waals surface area contributed by atoms with E-state index in [2.05, 4.69) is 17.4 Å². The van der Waals surface area contributed by atoms with Gasteiger partial charge in [0.1, 0.15) is 0 Å². The van der Waals surface area contributed by atoms with E-state index in [1.54, 1.807) is 11.8 Å². The second kappa shape index (κ2) is 5.06. The van der Waals surface area contributed by atoms with Gasteiger partial charge in [0.15, 0.2) is 0 Å². The van der Waals surface area contributed by atoms with E-state index in [0.29, 0.717) is 25.4 Å². The van der Waals surface area contributed by atoms with Crippen LogP contribution in [-0.4, -0.2) is 41.6 Å². The SMILES string of the molecule is CC1(C(=O)O)CCN(C(=O)NCC2Cc3ccccc32)C1. The first-order valence-electron chi connectivity index (χ1n) is 7.33. The minimum atomic E-state index is -0.828. The van der Waals surface area contributed by atoms with Gasteiger partial charge in [0.25, 0.3) is 0 Å². The molecule has 5 nitrogen and oxygen atoms in total. The van der Waals surface area contributed by atoms with Gasteiger partial charge in [-0.05, 0) is 30.9 Å². The van der Waals surface area contributed by atoms with Gasteiger partial charge in [-0.25, -0.2) is 4.79 Å². The lowest BCUT2D eigenvalue weighted by Gasteiger charge is -2.31. The third kappa shape index (κ3) is 2.48. The van der Waals surface area contributed by atoms with E-state index in [-0.39, 0.29) is 12.6 Å². The van der Waals surface area contributed by atoms with E-state index in [9.17, 15) is 14.7 Å². The summed E-state index contributed by atoms with van der Waals surface area (Å²) in [6.45, 7) is 3.12. The van der Waals surface area contributed by atoms with E-state index < -0.39 is 11.4 Å². The fourth-order valence-corrected chi connectivity index (χ4v) is 3.18. The Labute approximate surface area is 123 Å². The number of carbonyl (C=O) groups is 2. The first-order chi connectivity index (χ1) is 9.99. The number of rotatable bonds is 3. The smallest absolute Gasteiger partial charge is 0.317 e. The summed E-state index contributed by atoms with van der Waals surface area (Å²) in [7, 11) is 0. The van der Waals surface area contributed by atoms with Gasteiger partial charge in [0, 0.05) is 25.6 Å². The number of carboxylic acid groups (broad SMARTS) is 1. The minimum Gasteiger partial charge on any atom is -0.481 e. The summed E-state index contributed by atoms with van der Waals surface area (Å²) in [5.41, 5.74) is 1.87. The highest BCUT2D eigenvalue weighted by molar-refractivity contribution is 5.79. The molecule has 1 aromatic rings. The summed E-state index contributed by atoms with van der Waals surface area (Å²) in [5.74, 6) is -0.440. The van der Waals surface area contributed by atoms with Crippen LogP contribution in [0.15, 0.2) is 24.3 Å². The molecule has 1 aromatic carbocycles. The fourth-order valence-electron chi connectivity index (χ4n) is 3.18. The zero-order valence-electron chi connectivity index (χ0n) is 12.1. The molecule has 2 amide bonds. The van der Waals surface area contributed by atoms with Crippen molar-refractivity contribution >= 4 is 12.0 Å². The first kappa shape index (κ1) is 13.9. The average molecular weight is 288 g/mol. The predicted molar refractivity (Wildman–Crippen MR) is 78.2 cm³/mol. The Balaban J connectivity index is 1.52. The molecule has 1 heterocycles. The number of hydrogen-bond donors (Lipinski definition) is 2. The Bertz CT molecular complexity index is 587. The van der Waals surface area contributed by atoms with Crippen molar-refractivity contribution < 1.29 is 14.7 Å². The van der Waals surface area contributed by atoms with Gasteiger partial charge in [0.05, 0.1) is 5.41 Å². The molecule has 1 aliphatic heterocycles. The third-order valence-electron chi connectivity index (χ3n) is 4.74. The summed E-state index contributed by atoms with van der Waals surface area (Å²) in [5, 5.41) is 12.1. The zero-order chi connectivity index (χ0) is 15.0. The molecule has 21 heavy (non-hydrogen) atoms. The Morgan fingerprint density at radius 1 is 1.43 bits per heavy atom. The summed E-state index contributed by atoms with van der Waals surface area (Å²) in [6, 6.07) is 8.12. The molecular formula is C16H20N2O3. The molecular weight excluding hydrogens is 268 g/mol. The first-order valence-corrected chi connectivity index (χ1v) is 7.33. The number of amides is 2. The van der Waals surface area contributed by atoms with Crippen LogP contribution in [0.4, 0.5) is 4.79 Å². The van der Waals surface area contributed by atoms with Crippen molar-refractivity contribution in [1.82, 2.24) is 10.2 Å². The lowest BCUT2D eigenvalue weighted by Crippen LogP contribution is -2.43. The second-order valence-electron chi connectivity index (χ2n) is 6.32. The molecule has 5 heteroatoms. The van der Waals surface area contributed by atoms with Crippen LogP contribution < -0.4 is 5.32 Å². The van der Waals surface area contributed by atoms with Gasteiger partial charge in [0.2, 0.25) is 0 Å². The number of carboxylic acids is 1. The number of hydrogen-bond acceptors (Lipinski definition) is 2. The molecule has 3 rings (SSSR count). The summed E-state index contributed by atoms with van der Waals surface area (Å²) in [4.78, 5) is 24.9. The topological polar surface area (TPSA) is 69.6 Å². The number of benzene rings is 1. The fraction of sp³-hybridized carbons (Fsp3) is 0.500. The molecule has 1 aliphatic carbocycles. The number of nitrogens with zero attached hydrogens (tertiary/aromatic N) is 1. The van der Waals surface area contributed by atoms with E-state index in [1.807, 2.05) is 12.1 Å². The molecule has 0 saturated carbocycles. The zero-order valence-corrected chi connectivity index (χ0v) is 12.1. The highest BCUT2D eigenvalue weighted by atomic mass is 16.4. The summed E-state index contributed by atoms with van der Waals surface area (Å²) in [6.07, 6.45) is 1.52. The Hall–Kier alpha value is -2.04. The molecule has 0 bridgehead atoms. The maximum atomic E-state index is 12.1. The van der Waals surface area contributed by atoms with E-state index in [0.717, 1.165) is 6.42 Å². The molecule has 2 N–H and O–H groups in total. The van der Waals surface area contributed by atoms with Gasteiger partial charge >= 0.3 is 12.0 Å². The second-order valence-corrected chi connectivity index (χ2v) is 6.32. The normalized spacial score (nSPS) is 26.9. The van der Waals surface area contributed by atoms with Crippen LogP contribution in [0.25, 0.3) is 0 Å². The Kier molecular flexibility index (Phi) is 3.35. The molecule has 2 unspecified atom stereocenters. The number of aliphatic carboxylic acids is 1. The largest absolute Gasteiger partial charge is 0.481 e. The molecule has 0 aromatic heterocycles. The number of nitrogens with one attached hydrogen (secondary N) is 1. The van der Waals surface area contributed by atoms with Gasteiger partial charge in [-0.15, -0.1) is 0 Å². The number of carbonyl (C=O) groups excluding carboxylic acids is 1. The van der Waals surface area contributed by atoms with E-state index in [4.69, 9.17) is 0 Å². The summed E-state index contributed by atoms with van der Waals surface area (Å²) < 4.78 is 0. The molecule has 2 aliphatic rings. The van der Waals surface area contributed by atoms with E-state index in [1.165, 1.54) is 11.1 Å². The lowest BCUT2D eigenvalue weighted by atomic mass is 9.78. The quantitative estimate of drug-likeness (QED) is 0.891. The number of likely N-dealkylation sites (tertiary alicyclic amines) is 1. The van der Waals surface area contributed by atoms with Crippen LogP contribution in [0.3, 0.4) is 0 Å². The van der Waals surface area contributed by atoms with Crippen molar-refractivity contribution in [3.63, 3.8) is 0 Å². The monoisotopic (exact) mass is 288 g/mol. The Morgan fingerprint density at radius 3 is 2.86 bits per heavy atom. The van der Waals surface area contributed by atoms with Crippen LogP contribution in [0.1, 0.15) is 30.4 Å². The molecule has 1 fully saturated rings. The van der Waals surface area contributed by atoms with E-state index >= 15 is 0 Å². The maximum absolute atomic E-state index is 12.1. The van der Waals surface area contributed by atoms with Gasteiger partial charge in [-0.2, -0.15) is 0 Å². The number of urea groups is 1. The van der Waals surface area contributed by atoms with Crippen molar-refractivity contribution in [3.8, 4) is 0 Å². The molecule has 2 atom stereocenters. The minimum absolute atomic E-state index is 0.149. The van der Waals surface area contributed by atoms with Crippen LogP contribution in [0, 0.1) is 5.41 Å². The van der Waals surface area contributed by atoms with Crippen molar-refractivity contribution in [1.29, 1.82) is 0 Å². The third-order valence-corrected chi connectivity index (χ3v) is 4.74. The van der Waals surface area contributed by atoms with Crippen molar-refractivity contribution in [2.45, 2.75) is 25.7 Å². The summed E-state index contributed by atoms with van der Waals surface area (Å²) >= 11 is 0. The predicted octanol–water partition coefficient (Wildman–Crippen LogP) is 1.83. The molecule has 1 saturated heterocycles. The number of fused-ring (bicyclic) bond motifs is 1. The highest BCUT2D eigenvalue weighted by Gasteiger charge is 2.42. The van der Waals surface area contributed by atoms with Crippen molar-refractivity contribution in [2.24, 2.45) is 5.41 Å². The van der Waals surface area contributed by atoms with Crippen LogP contribution >= 0.6 is 0 Å². The standard InChI is InChI=1S/C16H20N2O3/c1-16(14(19)20)6-7-18(10-16)15(21)17-9-12-8-11-4-2-3-5-13(11)12/h2-5,12H,6-10H2,1H3,(H,17,21)(H,19,20). The van der Waals surface area contributed by atoms with Crippen molar-refractivity contribution in [3.05, 3.63) is 35.4 Å². The van der Waals surface area contributed by atoms with Crippen LogP contribution in [0.5, 0.6) is 0 Å². The highest BCUT2D eigenvalue weighted by Crippen LogP contribution is 2.34. The molecule has 0 radical (unpaired) electrons. The molecule has 0 spiro atoms. The lowest BCUT2D eigenvalue weighted by molar-refractivity contribution is -0.146. The molecule has 112 valence electrons. The maximum Gasteiger partial charge on any atom is 0.317 e. The van der Waals surface area contributed by atoms with Gasteiger partial charge in [-0.3, -0.25) is 4.79 Å². The van der Waals surface area contributed by atoms with Crippen LogP contribution in [-0.2, 0) is 11.2 Å². The van der Waals surface area contributed by atoms with Gasteiger partial charge in [-0.1, -0.05) is 24.3 Å². The van der Waals surface area contributed by atoms with Crippen molar-refractivity contribution in [2.75, 3.05) is 19.6 Å².